The van der Waals surface area contributed by atoms with Crippen LogP contribution < -0.4 is 5.32 Å². The molecule has 2 aromatic carbocycles. The number of nitrogens with one attached hydrogen (secondary N) is 1. The van der Waals surface area contributed by atoms with Crippen LogP contribution in [0.2, 0.25) is 0 Å². The standard InChI is InChI=1S/C19H19N3O3/c1-2-25-19(24)18(22-20)17(23)13-16(14-9-5-3-6-10-14)21-15-11-7-4-8-12-15/h3-12,16,21H,2,13H2,1H3. The SMILES string of the molecule is CCOC(=O)C(=[N+]=[N-])C(=O)CC(Nc1ccccc1)c1ccccc1. The monoisotopic (exact) mass is 337 g/mol. The highest BCUT2D eigenvalue weighted by atomic mass is 16.5. The fourth-order valence-electron chi connectivity index (χ4n) is 2.37. The number of esters is 1. The van der Waals surface area contributed by atoms with Crippen LogP contribution in [0.1, 0.15) is 24.9 Å². The fraction of sp³-hybridized carbons (Fsp3) is 0.211. The molecule has 0 aliphatic carbocycles. The smallest absolute Gasteiger partial charge is 0.441 e. The third-order valence-corrected chi connectivity index (χ3v) is 3.54. The summed E-state index contributed by atoms with van der Waals surface area (Å²) in [5, 5.41) is 3.27. The van der Waals surface area contributed by atoms with Gasteiger partial charge in [0.25, 0.3) is 5.78 Å². The Morgan fingerprint density at radius 1 is 1.08 bits per heavy atom. The Balaban J connectivity index is 2.22. The third kappa shape index (κ3) is 5.12. The zero-order valence-electron chi connectivity index (χ0n) is 13.9. The van der Waals surface area contributed by atoms with Gasteiger partial charge in [-0.2, -0.15) is 4.79 Å². The Kier molecular flexibility index (Phi) is 6.63. The number of ether oxygens (including phenoxy) is 1. The van der Waals surface area contributed by atoms with Gasteiger partial charge in [0.1, 0.15) is 0 Å². The number of Topliss-reactive ketones (excluding diaryl/α,β-unsaturated/α-hetero) is 1. The van der Waals surface area contributed by atoms with Crippen molar-refractivity contribution in [2.45, 2.75) is 19.4 Å². The summed E-state index contributed by atoms with van der Waals surface area (Å²) in [6.45, 7) is 1.70. The number of hydrogen-bond donors (Lipinski definition) is 1. The molecule has 0 aromatic heterocycles. The molecule has 6 nitrogen and oxygen atoms in total. The van der Waals surface area contributed by atoms with E-state index < -0.39 is 17.5 Å². The van der Waals surface area contributed by atoms with Crippen molar-refractivity contribution < 1.29 is 19.1 Å². The molecule has 0 amide bonds. The lowest BCUT2D eigenvalue weighted by atomic mass is 9.99. The predicted octanol–water partition coefficient (Wildman–Crippen LogP) is 3.03. The second-order valence-corrected chi connectivity index (χ2v) is 5.27. The molecule has 1 atom stereocenters. The third-order valence-electron chi connectivity index (χ3n) is 3.54. The lowest BCUT2D eigenvalue weighted by molar-refractivity contribution is -0.141. The maximum atomic E-state index is 12.4. The van der Waals surface area contributed by atoms with E-state index in [1.807, 2.05) is 60.7 Å². The number of nitrogens with zero attached hydrogens (tertiary/aromatic N) is 2. The van der Waals surface area contributed by atoms with Crippen molar-refractivity contribution in [2.24, 2.45) is 0 Å². The Morgan fingerprint density at radius 2 is 1.68 bits per heavy atom. The zero-order valence-corrected chi connectivity index (χ0v) is 13.9. The van der Waals surface area contributed by atoms with Gasteiger partial charge < -0.3 is 15.6 Å². The fourth-order valence-corrected chi connectivity index (χ4v) is 2.37. The maximum absolute atomic E-state index is 12.4. The number of benzene rings is 2. The molecule has 2 aromatic rings. The van der Waals surface area contributed by atoms with Crippen molar-refractivity contribution in [1.29, 1.82) is 0 Å². The summed E-state index contributed by atoms with van der Waals surface area (Å²) in [6, 6.07) is 18.4. The van der Waals surface area contributed by atoms with Crippen LogP contribution in [0.25, 0.3) is 5.53 Å². The second-order valence-electron chi connectivity index (χ2n) is 5.27. The number of rotatable bonds is 8. The van der Waals surface area contributed by atoms with Gasteiger partial charge in [-0.25, -0.2) is 4.79 Å². The molecule has 25 heavy (non-hydrogen) atoms. The van der Waals surface area contributed by atoms with E-state index in [-0.39, 0.29) is 19.1 Å². The average molecular weight is 337 g/mol. The number of carbonyl (C=O) groups is 2. The average Bonchev–Trinajstić information content (AvgIpc) is 2.63. The van der Waals surface area contributed by atoms with E-state index in [0.29, 0.717) is 0 Å². The summed E-state index contributed by atoms with van der Waals surface area (Å²) in [5.74, 6) is -1.53. The highest BCUT2D eigenvalue weighted by Gasteiger charge is 2.33. The van der Waals surface area contributed by atoms with Gasteiger partial charge in [-0.05, 0) is 24.6 Å². The molecular formula is C19H19N3O3. The lowest BCUT2D eigenvalue weighted by Gasteiger charge is -2.19. The van der Waals surface area contributed by atoms with E-state index in [0.717, 1.165) is 11.3 Å². The van der Waals surface area contributed by atoms with Crippen LogP contribution in [-0.2, 0) is 14.3 Å². The van der Waals surface area contributed by atoms with E-state index in [1.54, 1.807) is 6.92 Å². The molecule has 2 rings (SSSR count). The van der Waals surface area contributed by atoms with Crippen LogP contribution in [0.15, 0.2) is 60.7 Å². The number of anilines is 1. The van der Waals surface area contributed by atoms with E-state index in [2.05, 4.69) is 10.1 Å². The molecule has 0 saturated carbocycles. The minimum Gasteiger partial charge on any atom is -0.457 e. The van der Waals surface area contributed by atoms with Gasteiger partial charge in [0.2, 0.25) is 0 Å². The summed E-state index contributed by atoms with van der Waals surface area (Å²) in [7, 11) is 0. The van der Waals surface area contributed by atoms with Crippen LogP contribution in [0.5, 0.6) is 0 Å². The van der Waals surface area contributed by atoms with Crippen LogP contribution in [0.3, 0.4) is 0 Å². The number of hydrogen-bond acceptors (Lipinski definition) is 4. The Hall–Kier alpha value is -3.24. The molecule has 0 bridgehead atoms. The van der Waals surface area contributed by atoms with E-state index in [4.69, 9.17) is 10.3 Å². The van der Waals surface area contributed by atoms with Crippen molar-refractivity contribution in [3.05, 3.63) is 71.8 Å². The molecule has 0 heterocycles. The van der Waals surface area contributed by atoms with Crippen molar-refractivity contribution in [3.8, 4) is 0 Å². The minimum absolute atomic E-state index is 0.0584. The first kappa shape index (κ1) is 18.1. The first-order valence-corrected chi connectivity index (χ1v) is 7.94. The largest absolute Gasteiger partial charge is 0.457 e. The Bertz CT molecular complexity index is 769. The zero-order chi connectivity index (χ0) is 18.1. The molecule has 0 aliphatic rings. The van der Waals surface area contributed by atoms with Crippen LogP contribution in [-0.4, -0.2) is 28.9 Å². The van der Waals surface area contributed by atoms with E-state index in [1.165, 1.54) is 0 Å². The summed E-state index contributed by atoms with van der Waals surface area (Å²) in [4.78, 5) is 27.0. The quantitative estimate of drug-likeness (QED) is 0.263. The first-order chi connectivity index (χ1) is 12.2. The van der Waals surface area contributed by atoms with Crippen molar-refractivity contribution in [2.75, 3.05) is 11.9 Å². The number of para-hydroxylation sites is 1. The normalized spacial score (nSPS) is 11.1. The minimum atomic E-state index is -0.929. The topological polar surface area (TPSA) is 91.8 Å². The van der Waals surface area contributed by atoms with Crippen molar-refractivity contribution >= 4 is 23.2 Å². The summed E-state index contributed by atoms with van der Waals surface area (Å²) in [5.41, 5.74) is 10.1. The van der Waals surface area contributed by atoms with Crippen molar-refractivity contribution in [1.82, 2.24) is 0 Å². The van der Waals surface area contributed by atoms with Crippen molar-refractivity contribution in [3.63, 3.8) is 0 Å². The molecule has 1 N–H and O–H groups in total. The van der Waals surface area contributed by atoms with Gasteiger partial charge >= 0.3 is 11.7 Å². The molecule has 128 valence electrons. The van der Waals surface area contributed by atoms with Gasteiger partial charge in [0.15, 0.2) is 0 Å². The number of carbonyl (C=O) groups excluding carboxylic acids is 2. The van der Waals surface area contributed by atoms with Gasteiger partial charge in [-0.3, -0.25) is 4.79 Å². The Morgan fingerprint density at radius 3 is 2.24 bits per heavy atom. The Labute approximate surface area is 146 Å². The number of ketones is 1. The highest BCUT2D eigenvalue weighted by Crippen LogP contribution is 2.23. The van der Waals surface area contributed by atoms with Crippen LogP contribution in [0, 0.1) is 0 Å². The van der Waals surface area contributed by atoms with Gasteiger partial charge in [0.05, 0.1) is 12.6 Å². The van der Waals surface area contributed by atoms with Gasteiger partial charge in [-0.1, -0.05) is 48.5 Å². The second kappa shape index (κ2) is 9.15. The summed E-state index contributed by atoms with van der Waals surface area (Å²) < 4.78 is 4.75. The molecule has 0 saturated heterocycles. The van der Waals surface area contributed by atoms with Gasteiger partial charge in [0, 0.05) is 12.1 Å². The molecule has 0 spiro atoms. The van der Waals surface area contributed by atoms with E-state index >= 15 is 0 Å². The molecule has 0 aliphatic heterocycles. The predicted molar refractivity (Wildman–Crippen MR) is 94.1 cm³/mol. The molecule has 6 heteroatoms. The molecule has 1 unspecified atom stereocenters. The van der Waals surface area contributed by atoms with Crippen LogP contribution >= 0.6 is 0 Å². The van der Waals surface area contributed by atoms with Gasteiger partial charge in [-0.15, -0.1) is 0 Å². The summed E-state index contributed by atoms with van der Waals surface area (Å²) >= 11 is 0. The highest BCUT2D eigenvalue weighted by molar-refractivity contribution is 6.62. The molecule has 0 radical (unpaired) electrons. The molecule has 0 fully saturated rings. The first-order valence-electron chi connectivity index (χ1n) is 7.94. The lowest BCUT2D eigenvalue weighted by Crippen LogP contribution is -2.30. The van der Waals surface area contributed by atoms with Crippen LogP contribution in [0.4, 0.5) is 5.69 Å². The maximum Gasteiger partial charge on any atom is 0.441 e. The van der Waals surface area contributed by atoms with E-state index in [9.17, 15) is 9.59 Å². The molecular weight excluding hydrogens is 318 g/mol. The summed E-state index contributed by atoms with van der Waals surface area (Å²) in [6.07, 6.45) is -0.0584.